The number of hydrogen-bond acceptors (Lipinski definition) is 2. The molecule has 0 unspecified atom stereocenters. The van der Waals surface area contributed by atoms with Crippen LogP contribution in [-0.2, 0) is 0 Å². The van der Waals surface area contributed by atoms with Crippen LogP contribution in [-0.4, -0.2) is 14.5 Å². The van der Waals surface area contributed by atoms with E-state index in [-0.39, 0.29) is 5.41 Å². The molecule has 0 saturated carbocycles. The molecule has 3 heteroatoms. The zero-order valence-electron chi connectivity index (χ0n) is 15.7. The monoisotopic (exact) mass is 333 g/mol. The Hall–Kier alpha value is -2.42. The van der Waals surface area contributed by atoms with Crippen LogP contribution in [0.4, 0.5) is 0 Å². The summed E-state index contributed by atoms with van der Waals surface area (Å²) in [4.78, 5) is 9.03. The Balaban J connectivity index is 2.25. The third-order valence-corrected chi connectivity index (χ3v) is 4.20. The Morgan fingerprint density at radius 3 is 2.48 bits per heavy atom. The first kappa shape index (κ1) is 17.4. The number of hydrogen-bond donors (Lipinski definition) is 0. The first-order valence-corrected chi connectivity index (χ1v) is 9.09. The van der Waals surface area contributed by atoms with Gasteiger partial charge in [0.2, 0.25) is 5.95 Å². The largest absolute Gasteiger partial charge is 0.278 e. The number of rotatable bonds is 5. The van der Waals surface area contributed by atoms with E-state index in [1.807, 2.05) is 6.07 Å². The van der Waals surface area contributed by atoms with Crippen molar-refractivity contribution in [2.75, 3.05) is 0 Å². The van der Waals surface area contributed by atoms with Gasteiger partial charge in [-0.3, -0.25) is 4.57 Å². The van der Waals surface area contributed by atoms with E-state index < -0.39 is 0 Å². The van der Waals surface area contributed by atoms with Crippen molar-refractivity contribution in [1.29, 1.82) is 0 Å². The van der Waals surface area contributed by atoms with Crippen LogP contribution >= 0.6 is 0 Å². The van der Waals surface area contributed by atoms with Crippen molar-refractivity contribution in [3.63, 3.8) is 0 Å². The van der Waals surface area contributed by atoms with Crippen molar-refractivity contribution in [3.05, 3.63) is 60.6 Å². The minimum atomic E-state index is 0.127. The number of unbranched alkanes of at least 4 members (excludes halogenated alkanes) is 1. The molecule has 0 fully saturated rings. The summed E-state index contributed by atoms with van der Waals surface area (Å²) in [6.45, 7) is 9.01. The fraction of sp³-hybridized carbons (Fsp3) is 0.364. The molecular weight excluding hydrogens is 306 g/mol. The molecule has 3 rings (SSSR count). The Morgan fingerprint density at radius 1 is 1.08 bits per heavy atom. The fourth-order valence-electron chi connectivity index (χ4n) is 3.18. The molecule has 0 N–H and O–H groups in total. The highest BCUT2D eigenvalue weighted by Gasteiger charge is 2.17. The van der Waals surface area contributed by atoms with Crippen LogP contribution in [0.2, 0.25) is 0 Å². The average Bonchev–Trinajstić information content (AvgIpc) is 2.98. The van der Waals surface area contributed by atoms with Gasteiger partial charge in [-0.05, 0) is 42.0 Å². The molecule has 0 aliphatic rings. The normalized spacial score (nSPS) is 12.7. The van der Waals surface area contributed by atoms with E-state index in [2.05, 4.69) is 78.6 Å². The minimum Gasteiger partial charge on any atom is -0.278 e. The summed E-state index contributed by atoms with van der Waals surface area (Å²) in [6, 6.07) is 12.6. The molecule has 2 aromatic heterocycles. The SMILES string of the molecule is CCCC/C(=C\C(C)(C)C)c1cc2ccccc2n1-c1ncccn1. The molecule has 3 aromatic rings. The third kappa shape index (κ3) is 3.98. The second-order valence-electron chi connectivity index (χ2n) is 7.61. The summed E-state index contributed by atoms with van der Waals surface area (Å²) in [5.74, 6) is 0.731. The number of aromatic nitrogens is 3. The average molecular weight is 333 g/mol. The van der Waals surface area contributed by atoms with Gasteiger partial charge in [-0.15, -0.1) is 0 Å². The van der Waals surface area contributed by atoms with Gasteiger partial charge in [-0.2, -0.15) is 0 Å². The maximum atomic E-state index is 4.52. The van der Waals surface area contributed by atoms with Crippen LogP contribution in [0.3, 0.4) is 0 Å². The molecule has 0 radical (unpaired) electrons. The van der Waals surface area contributed by atoms with E-state index in [0.29, 0.717) is 0 Å². The van der Waals surface area contributed by atoms with Gasteiger partial charge in [0.05, 0.1) is 11.2 Å². The lowest BCUT2D eigenvalue weighted by Crippen LogP contribution is -2.07. The second-order valence-corrected chi connectivity index (χ2v) is 7.61. The van der Waals surface area contributed by atoms with E-state index >= 15 is 0 Å². The summed E-state index contributed by atoms with van der Waals surface area (Å²) < 4.78 is 2.20. The summed E-state index contributed by atoms with van der Waals surface area (Å²) in [5, 5.41) is 1.22. The zero-order chi connectivity index (χ0) is 17.9. The lowest BCUT2D eigenvalue weighted by atomic mass is 9.90. The molecule has 130 valence electrons. The van der Waals surface area contributed by atoms with Gasteiger partial charge in [0.1, 0.15) is 0 Å². The maximum Gasteiger partial charge on any atom is 0.234 e. The van der Waals surface area contributed by atoms with Gasteiger partial charge < -0.3 is 0 Å². The van der Waals surface area contributed by atoms with Gasteiger partial charge >= 0.3 is 0 Å². The summed E-state index contributed by atoms with van der Waals surface area (Å²) in [5.41, 5.74) is 3.86. The van der Waals surface area contributed by atoms with Crippen LogP contribution in [0, 0.1) is 5.41 Å². The van der Waals surface area contributed by atoms with Crippen molar-refractivity contribution in [2.24, 2.45) is 5.41 Å². The van der Waals surface area contributed by atoms with E-state index in [9.17, 15) is 0 Å². The molecule has 25 heavy (non-hydrogen) atoms. The lowest BCUT2D eigenvalue weighted by molar-refractivity contribution is 0.543. The Bertz CT molecular complexity index is 867. The van der Waals surface area contributed by atoms with Gasteiger partial charge in [0.15, 0.2) is 0 Å². The molecule has 0 amide bonds. The molecule has 0 spiro atoms. The van der Waals surface area contributed by atoms with Gasteiger partial charge in [-0.1, -0.05) is 58.4 Å². The number of fused-ring (bicyclic) bond motifs is 1. The molecule has 0 aliphatic heterocycles. The molecule has 0 aliphatic carbocycles. The van der Waals surface area contributed by atoms with Crippen LogP contribution < -0.4 is 0 Å². The van der Waals surface area contributed by atoms with E-state index in [1.54, 1.807) is 12.4 Å². The molecule has 0 saturated heterocycles. The summed E-state index contributed by atoms with van der Waals surface area (Å²) in [7, 11) is 0. The number of para-hydroxylation sites is 1. The lowest BCUT2D eigenvalue weighted by Gasteiger charge is -2.18. The van der Waals surface area contributed by atoms with Crippen molar-refractivity contribution in [1.82, 2.24) is 14.5 Å². The quantitative estimate of drug-likeness (QED) is 0.570. The molecule has 0 bridgehead atoms. The number of allylic oxidation sites excluding steroid dienone is 2. The molecule has 1 aromatic carbocycles. The third-order valence-electron chi connectivity index (χ3n) is 4.20. The van der Waals surface area contributed by atoms with Crippen molar-refractivity contribution >= 4 is 16.5 Å². The maximum absolute atomic E-state index is 4.52. The van der Waals surface area contributed by atoms with E-state index in [0.717, 1.165) is 17.9 Å². The van der Waals surface area contributed by atoms with E-state index in [4.69, 9.17) is 0 Å². The van der Waals surface area contributed by atoms with E-state index in [1.165, 1.54) is 29.5 Å². The molecule has 2 heterocycles. The van der Waals surface area contributed by atoms with Gasteiger partial charge in [0, 0.05) is 17.8 Å². The van der Waals surface area contributed by atoms with Crippen molar-refractivity contribution in [3.8, 4) is 5.95 Å². The van der Waals surface area contributed by atoms with Crippen LogP contribution in [0.15, 0.2) is 54.9 Å². The topological polar surface area (TPSA) is 30.7 Å². The Morgan fingerprint density at radius 2 is 1.80 bits per heavy atom. The molecule has 3 nitrogen and oxygen atoms in total. The van der Waals surface area contributed by atoms with Crippen molar-refractivity contribution in [2.45, 2.75) is 47.0 Å². The Labute approximate surface area is 150 Å². The highest BCUT2D eigenvalue weighted by molar-refractivity contribution is 5.87. The summed E-state index contributed by atoms with van der Waals surface area (Å²) >= 11 is 0. The predicted molar refractivity (Wildman–Crippen MR) is 106 cm³/mol. The number of benzene rings is 1. The van der Waals surface area contributed by atoms with Crippen LogP contribution in [0.25, 0.3) is 22.4 Å². The first-order valence-electron chi connectivity index (χ1n) is 9.09. The second kappa shape index (κ2) is 7.22. The Kier molecular flexibility index (Phi) is 5.03. The number of nitrogens with zero attached hydrogens (tertiary/aromatic N) is 3. The smallest absolute Gasteiger partial charge is 0.234 e. The van der Waals surface area contributed by atoms with Gasteiger partial charge in [0.25, 0.3) is 0 Å². The highest BCUT2D eigenvalue weighted by atomic mass is 15.2. The molecule has 0 atom stereocenters. The highest BCUT2D eigenvalue weighted by Crippen LogP contribution is 2.33. The van der Waals surface area contributed by atoms with Crippen molar-refractivity contribution < 1.29 is 0 Å². The molecular formula is C22H27N3. The van der Waals surface area contributed by atoms with Gasteiger partial charge in [-0.25, -0.2) is 9.97 Å². The fourth-order valence-corrected chi connectivity index (χ4v) is 3.18. The minimum absolute atomic E-state index is 0.127. The summed E-state index contributed by atoms with van der Waals surface area (Å²) in [6.07, 6.45) is 9.44. The zero-order valence-corrected chi connectivity index (χ0v) is 15.7. The standard InChI is InChI=1S/C22H27N3/c1-5-6-10-18(16-22(2,3)4)20-15-17-11-7-8-12-19(17)25(20)21-23-13-9-14-24-21/h7-9,11-16H,5-6,10H2,1-4H3/b18-16+. The first-order chi connectivity index (χ1) is 12.0. The van der Waals surface area contributed by atoms with Crippen LogP contribution in [0.1, 0.15) is 52.7 Å². The predicted octanol–water partition coefficient (Wildman–Crippen LogP) is 6.04. The van der Waals surface area contributed by atoms with Crippen LogP contribution in [0.5, 0.6) is 0 Å².